The molecule has 208 valence electrons. The molecule has 1 aromatic carbocycles. The normalized spacial score (nSPS) is 18.4. The molecule has 3 heterocycles. The molecule has 0 spiro atoms. The van der Waals surface area contributed by atoms with Crippen molar-refractivity contribution in [3.05, 3.63) is 46.9 Å². The molecule has 0 aliphatic carbocycles. The Morgan fingerprint density at radius 3 is 2.79 bits per heavy atom. The second-order valence-electron chi connectivity index (χ2n) is 10.6. The maximum atomic E-state index is 14.8. The number of carboxylic acids is 1. The van der Waals surface area contributed by atoms with Gasteiger partial charge in [0, 0.05) is 51.1 Å². The molecule has 0 saturated carbocycles. The van der Waals surface area contributed by atoms with Crippen molar-refractivity contribution >= 4 is 17.5 Å². The van der Waals surface area contributed by atoms with Gasteiger partial charge in [0.15, 0.2) is 11.6 Å². The Kier molecular flexibility index (Phi) is 9.44. The number of halogens is 1. The van der Waals surface area contributed by atoms with Gasteiger partial charge in [-0.2, -0.15) is 0 Å². The summed E-state index contributed by atoms with van der Waals surface area (Å²) >= 11 is 0. The number of ether oxygens (including phenoxy) is 2. The molecule has 2 aromatic rings. The zero-order valence-corrected chi connectivity index (χ0v) is 23.0. The number of likely N-dealkylation sites (N-methyl/N-ethyl adjacent to an activating group) is 1. The highest BCUT2D eigenvalue weighted by Crippen LogP contribution is 2.37. The van der Waals surface area contributed by atoms with E-state index in [1.54, 1.807) is 6.07 Å². The number of rotatable bonds is 12. The number of nitrogens with zero attached hydrogens (tertiary/aromatic N) is 3. The summed E-state index contributed by atoms with van der Waals surface area (Å²) < 4.78 is 26.2. The number of unbranched alkanes of at least 4 members (excludes halogenated alkanes) is 2. The first-order chi connectivity index (χ1) is 18.3. The third-order valence-electron chi connectivity index (χ3n) is 7.55. The minimum absolute atomic E-state index is 0.00221. The fourth-order valence-electron chi connectivity index (χ4n) is 5.37. The Balaban J connectivity index is 1.25. The summed E-state index contributed by atoms with van der Waals surface area (Å²) in [7, 11) is 3.47. The van der Waals surface area contributed by atoms with Gasteiger partial charge in [-0.3, -0.25) is 9.69 Å². The van der Waals surface area contributed by atoms with E-state index >= 15 is 0 Å². The topological polar surface area (TPSA) is 87.2 Å². The highest BCUT2D eigenvalue weighted by atomic mass is 19.1. The molecule has 1 saturated heterocycles. The number of aliphatic carboxylic acids is 1. The number of likely N-dealkylation sites (tertiary alicyclic amines) is 1. The van der Waals surface area contributed by atoms with Gasteiger partial charge in [-0.25, -0.2) is 9.37 Å². The molecule has 0 unspecified atom stereocenters. The lowest BCUT2D eigenvalue weighted by atomic mass is 9.95. The predicted molar refractivity (Wildman–Crippen MR) is 147 cm³/mol. The molecule has 4 rings (SSSR count). The SMILES string of the molecule is COc1c(F)cc(C(C)C)cc1[C@@H](C(=O)O)N1CC[C@@H](OCCCCCc2ccc3c(n2)NCCN3C)C1. The predicted octanol–water partition coefficient (Wildman–Crippen LogP) is 4.84. The first kappa shape index (κ1) is 28.1. The van der Waals surface area contributed by atoms with Gasteiger partial charge in [0.2, 0.25) is 0 Å². The summed E-state index contributed by atoms with van der Waals surface area (Å²) in [5.41, 5.74) is 3.38. The number of pyridine rings is 1. The van der Waals surface area contributed by atoms with Crippen molar-refractivity contribution in [2.75, 3.05) is 57.2 Å². The molecule has 9 heteroatoms. The Labute approximate surface area is 225 Å². The minimum Gasteiger partial charge on any atom is -0.493 e. The summed E-state index contributed by atoms with van der Waals surface area (Å²) in [5, 5.41) is 13.5. The van der Waals surface area contributed by atoms with E-state index in [0.29, 0.717) is 25.3 Å². The molecule has 38 heavy (non-hydrogen) atoms. The van der Waals surface area contributed by atoms with Crippen LogP contribution in [0.3, 0.4) is 0 Å². The van der Waals surface area contributed by atoms with E-state index in [9.17, 15) is 14.3 Å². The molecule has 0 radical (unpaired) electrons. The largest absolute Gasteiger partial charge is 0.493 e. The van der Waals surface area contributed by atoms with Gasteiger partial charge >= 0.3 is 5.97 Å². The smallest absolute Gasteiger partial charge is 0.325 e. The van der Waals surface area contributed by atoms with Crippen molar-refractivity contribution in [1.29, 1.82) is 0 Å². The van der Waals surface area contributed by atoms with Gasteiger partial charge < -0.3 is 24.8 Å². The lowest BCUT2D eigenvalue weighted by molar-refractivity contribution is -0.143. The van der Waals surface area contributed by atoms with Crippen molar-refractivity contribution in [2.24, 2.45) is 0 Å². The molecular formula is C29H41FN4O4. The number of carboxylic acid groups (broad SMARTS) is 1. The van der Waals surface area contributed by atoms with E-state index in [1.165, 1.54) is 13.2 Å². The van der Waals surface area contributed by atoms with Gasteiger partial charge in [0.25, 0.3) is 0 Å². The third kappa shape index (κ3) is 6.56. The molecule has 2 N–H and O–H groups in total. The molecule has 2 atom stereocenters. The summed E-state index contributed by atoms with van der Waals surface area (Å²) in [5.74, 6) is -0.494. The first-order valence-electron chi connectivity index (χ1n) is 13.7. The van der Waals surface area contributed by atoms with Crippen molar-refractivity contribution in [3.63, 3.8) is 0 Å². The lowest BCUT2D eigenvalue weighted by Crippen LogP contribution is -2.34. The van der Waals surface area contributed by atoms with Crippen LogP contribution in [-0.2, 0) is 16.0 Å². The molecule has 2 aliphatic rings. The molecule has 1 aromatic heterocycles. The van der Waals surface area contributed by atoms with E-state index < -0.39 is 17.8 Å². The molecule has 1 fully saturated rings. The van der Waals surface area contributed by atoms with Crippen LogP contribution >= 0.6 is 0 Å². The van der Waals surface area contributed by atoms with Crippen LogP contribution in [0.25, 0.3) is 0 Å². The van der Waals surface area contributed by atoms with Crippen LogP contribution in [0.15, 0.2) is 24.3 Å². The van der Waals surface area contributed by atoms with Crippen molar-refractivity contribution in [1.82, 2.24) is 9.88 Å². The number of nitrogens with one attached hydrogen (secondary N) is 1. The molecule has 2 aliphatic heterocycles. The van der Waals surface area contributed by atoms with Crippen molar-refractivity contribution in [2.45, 2.75) is 64.0 Å². The number of fused-ring (bicyclic) bond motifs is 1. The number of methoxy groups -OCH3 is 1. The Bertz CT molecular complexity index is 1110. The number of aryl methyl sites for hydroxylation is 1. The second kappa shape index (κ2) is 12.8. The molecule has 0 amide bonds. The van der Waals surface area contributed by atoms with E-state index in [1.807, 2.05) is 18.7 Å². The van der Waals surface area contributed by atoms with Gasteiger partial charge in [-0.15, -0.1) is 0 Å². The number of hydrogen-bond donors (Lipinski definition) is 2. The standard InChI is InChI=1S/C29H41FN4O4/c1-19(2)20-16-23(27(37-4)24(30)17-20)26(29(35)36)34-13-11-22(18-34)38-15-7-5-6-8-21-9-10-25-28(32-21)31-12-14-33(25)3/h9-10,16-17,19,22,26H,5-8,11-15,18H2,1-4H3,(H,31,32)(H,35,36)/t22-,26+/m1/s1. The summed E-state index contributed by atoms with van der Waals surface area (Å²) in [4.78, 5) is 21.2. The Morgan fingerprint density at radius 1 is 1.24 bits per heavy atom. The second-order valence-corrected chi connectivity index (χ2v) is 10.6. The van der Waals surface area contributed by atoms with E-state index in [2.05, 4.69) is 29.4 Å². The van der Waals surface area contributed by atoms with E-state index in [-0.39, 0.29) is 17.8 Å². The van der Waals surface area contributed by atoms with E-state index in [4.69, 9.17) is 14.5 Å². The fraction of sp³-hybridized carbons (Fsp3) is 0.586. The van der Waals surface area contributed by atoms with Crippen LogP contribution in [0.1, 0.15) is 68.3 Å². The zero-order chi connectivity index (χ0) is 27.2. The lowest BCUT2D eigenvalue weighted by Gasteiger charge is -2.27. The first-order valence-corrected chi connectivity index (χ1v) is 13.7. The third-order valence-corrected chi connectivity index (χ3v) is 7.55. The summed E-state index contributed by atoms with van der Waals surface area (Å²) in [6.07, 6.45) is 4.67. The van der Waals surface area contributed by atoms with Crippen molar-refractivity contribution < 1.29 is 23.8 Å². The van der Waals surface area contributed by atoms with Crippen molar-refractivity contribution in [3.8, 4) is 5.75 Å². The van der Waals surface area contributed by atoms with Crippen LogP contribution in [0, 0.1) is 5.82 Å². The molecule has 8 nitrogen and oxygen atoms in total. The average Bonchev–Trinajstić information content (AvgIpc) is 3.34. The monoisotopic (exact) mass is 528 g/mol. The maximum absolute atomic E-state index is 14.8. The quantitative estimate of drug-likeness (QED) is 0.379. The van der Waals surface area contributed by atoms with Crippen LogP contribution in [0.5, 0.6) is 5.75 Å². The number of carbonyl (C=O) groups is 1. The van der Waals surface area contributed by atoms with Gasteiger partial charge in [0.1, 0.15) is 11.9 Å². The summed E-state index contributed by atoms with van der Waals surface area (Å²) in [6.45, 7) is 7.53. The van der Waals surface area contributed by atoms with Crippen LogP contribution in [0.4, 0.5) is 15.9 Å². The van der Waals surface area contributed by atoms with E-state index in [0.717, 1.165) is 68.0 Å². The Hall–Kier alpha value is -2.91. The number of benzene rings is 1. The average molecular weight is 529 g/mol. The number of hydrogen-bond acceptors (Lipinski definition) is 7. The Morgan fingerprint density at radius 2 is 2.05 bits per heavy atom. The van der Waals surface area contributed by atoms with Gasteiger partial charge in [-0.05, 0) is 61.4 Å². The van der Waals surface area contributed by atoms with Crippen LogP contribution in [-0.4, -0.2) is 74.0 Å². The molecule has 0 bridgehead atoms. The van der Waals surface area contributed by atoms with Gasteiger partial charge in [0.05, 0.1) is 18.9 Å². The fourth-order valence-corrected chi connectivity index (χ4v) is 5.37. The zero-order valence-electron chi connectivity index (χ0n) is 23.0. The number of aromatic nitrogens is 1. The van der Waals surface area contributed by atoms with Gasteiger partial charge in [-0.1, -0.05) is 20.3 Å². The summed E-state index contributed by atoms with van der Waals surface area (Å²) in [6, 6.07) is 6.48. The maximum Gasteiger partial charge on any atom is 0.325 e. The molecular weight excluding hydrogens is 487 g/mol. The highest BCUT2D eigenvalue weighted by Gasteiger charge is 2.36. The highest BCUT2D eigenvalue weighted by molar-refractivity contribution is 5.77. The number of anilines is 2. The van der Waals surface area contributed by atoms with Crippen LogP contribution < -0.4 is 15.0 Å². The minimum atomic E-state index is -1.01. The van der Waals surface area contributed by atoms with Crippen LogP contribution in [0.2, 0.25) is 0 Å².